The molecule has 0 unspecified atom stereocenters. The number of rotatable bonds is 6. The van der Waals surface area contributed by atoms with Crippen LogP contribution in [-0.2, 0) is 13.0 Å². The molecule has 1 aromatic heterocycles. The summed E-state index contributed by atoms with van der Waals surface area (Å²) in [6, 6.07) is 17.2. The van der Waals surface area contributed by atoms with E-state index < -0.39 is 0 Å². The van der Waals surface area contributed by atoms with Gasteiger partial charge in [-0.25, -0.2) is 4.79 Å². The van der Waals surface area contributed by atoms with Crippen molar-refractivity contribution in [3.63, 3.8) is 0 Å². The molecule has 2 aromatic carbocycles. The summed E-state index contributed by atoms with van der Waals surface area (Å²) < 4.78 is 5.75. The molecule has 0 aliphatic heterocycles. The number of benzene rings is 2. The van der Waals surface area contributed by atoms with Gasteiger partial charge in [0.25, 0.3) is 0 Å². The predicted molar refractivity (Wildman–Crippen MR) is 96.2 cm³/mol. The Morgan fingerprint density at radius 2 is 1.83 bits per heavy atom. The summed E-state index contributed by atoms with van der Waals surface area (Å²) in [7, 11) is 0. The lowest BCUT2D eigenvalue weighted by molar-refractivity contribution is 0.240. The van der Waals surface area contributed by atoms with Crippen molar-refractivity contribution in [1.82, 2.24) is 10.6 Å². The van der Waals surface area contributed by atoms with Crippen molar-refractivity contribution >= 4 is 28.6 Å². The molecular weight excluding hydrogens is 324 g/mol. The highest BCUT2D eigenvalue weighted by molar-refractivity contribution is 6.30. The van der Waals surface area contributed by atoms with Crippen molar-refractivity contribution in [3.05, 3.63) is 70.9 Å². The molecule has 24 heavy (non-hydrogen) atoms. The number of carbonyl (C=O) groups excluding carboxylic acids is 1. The van der Waals surface area contributed by atoms with E-state index in [0.717, 1.165) is 35.1 Å². The van der Waals surface area contributed by atoms with Crippen LogP contribution in [0.4, 0.5) is 4.79 Å². The Kier molecular flexibility index (Phi) is 5.39. The highest BCUT2D eigenvalue weighted by Gasteiger charge is 2.04. The number of nitrogens with one attached hydrogen (secondary N) is 2. The minimum atomic E-state index is -0.172. The first-order valence-electron chi connectivity index (χ1n) is 7.94. The molecule has 0 fully saturated rings. The second-order valence-electron chi connectivity index (χ2n) is 5.59. The van der Waals surface area contributed by atoms with Gasteiger partial charge in [-0.1, -0.05) is 41.9 Å². The van der Waals surface area contributed by atoms with Gasteiger partial charge < -0.3 is 15.1 Å². The molecule has 0 radical (unpaired) electrons. The van der Waals surface area contributed by atoms with Gasteiger partial charge in [0.1, 0.15) is 11.3 Å². The lowest BCUT2D eigenvalue weighted by Gasteiger charge is -2.07. The van der Waals surface area contributed by atoms with Crippen molar-refractivity contribution in [2.24, 2.45) is 0 Å². The first kappa shape index (κ1) is 16.4. The summed E-state index contributed by atoms with van der Waals surface area (Å²) in [6.07, 6.45) is 1.63. The lowest BCUT2D eigenvalue weighted by Crippen LogP contribution is -2.35. The second kappa shape index (κ2) is 7.88. The van der Waals surface area contributed by atoms with Gasteiger partial charge >= 0.3 is 6.03 Å². The molecule has 1 heterocycles. The first-order valence-corrected chi connectivity index (χ1v) is 8.32. The molecule has 4 nitrogen and oxygen atoms in total. The maximum Gasteiger partial charge on any atom is 0.315 e. The zero-order valence-corrected chi connectivity index (χ0v) is 14.0. The maximum atomic E-state index is 11.8. The molecule has 0 aliphatic rings. The number of aryl methyl sites for hydroxylation is 1. The molecule has 0 spiro atoms. The summed E-state index contributed by atoms with van der Waals surface area (Å²) in [5.74, 6) is 0.944. The van der Waals surface area contributed by atoms with Crippen molar-refractivity contribution in [3.8, 4) is 0 Å². The maximum absolute atomic E-state index is 11.8. The van der Waals surface area contributed by atoms with Gasteiger partial charge in [-0.3, -0.25) is 0 Å². The van der Waals surface area contributed by atoms with Gasteiger partial charge in [0.2, 0.25) is 0 Å². The van der Waals surface area contributed by atoms with Crippen LogP contribution in [-0.4, -0.2) is 12.6 Å². The normalized spacial score (nSPS) is 10.7. The summed E-state index contributed by atoms with van der Waals surface area (Å²) in [4.78, 5) is 11.8. The van der Waals surface area contributed by atoms with Crippen LogP contribution in [0.5, 0.6) is 0 Å². The number of urea groups is 1. The van der Waals surface area contributed by atoms with Crippen LogP contribution in [0.25, 0.3) is 11.0 Å². The van der Waals surface area contributed by atoms with Gasteiger partial charge in [-0.2, -0.15) is 0 Å². The summed E-state index contributed by atoms with van der Waals surface area (Å²) in [6.45, 7) is 1.08. The monoisotopic (exact) mass is 342 g/mol. The van der Waals surface area contributed by atoms with Crippen LogP contribution < -0.4 is 10.6 Å². The molecular formula is C19H19ClN2O2. The van der Waals surface area contributed by atoms with Crippen LogP contribution in [0, 0.1) is 0 Å². The predicted octanol–water partition coefficient (Wildman–Crippen LogP) is 4.52. The minimum absolute atomic E-state index is 0.172. The fraction of sp³-hybridized carbons (Fsp3) is 0.211. The van der Waals surface area contributed by atoms with Crippen LogP contribution in [0.3, 0.4) is 0 Å². The number of para-hydroxylation sites is 1. The number of halogens is 1. The Morgan fingerprint density at radius 1 is 1.04 bits per heavy atom. The number of carbonyl (C=O) groups is 1. The Balaban J connectivity index is 1.36. The van der Waals surface area contributed by atoms with Crippen molar-refractivity contribution in [2.45, 2.75) is 19.4 Å². The van der Waals surface area contributed by atoms with Crippen LogP contribution in [0.15, 0.2) is 59.0 Å². The SMILES string of the molecule is O=C(NCCCc1cc2ccccc2o1)NCc1ccc(Cl)cc1. The molecule has 5 heteroatoms. The van der Waals surface area contributed by atoms with E-state index in [1.54, 1.807) is 0 Å². The summed E-state index contributed by atoms with van der Waals surface area (Å²) in [5, 5.41) is 7.47. The lowest BCUT2D eigenvalue weighted by atomic mass is 10.2. The van der Waals surface area contributed by atoms with E-state index in [1.807, 2.05) is 48.5 Å². The van der Waals surface area contributed by atoms with Crippen molar-refractivity contribution in [1.29, 1.82) is 0 Å². The summed E-state index contributed by atoms with van der Waals surface area (Å²) >= 11 is 5.83. The standard InChI is InChI=1S/C19H19ClN2O2/c20-16-9-7-14(8-10-16)13-22-19(23)21-11-3-5-17-12-15-4-1-2-6-18(15)24-17/h1-2,4,6-10,12H,3,5,11,13H2,(H2,21,22,23). The molecule has 2 amide bonds. The molecule has 0 saturated carbocycles. The van der Waals surface area contributed by atoms with Gasteiger partial charge in [-0.15, -0.1) is 0 Å². The zero-order chi connectivity index (χ0) is 16.8. The van der Waals surface area contributed by atoms with Crippen LogP contribution >= 0.6 is 11.6 Å². The number of furan rings is 1. The van der Waals surface area contributed by atoms with E-state index in [1.165, 1.54) is 0 Å². The zero-order valence-electron chi connectivity index (χ0n) is 13.2. The number of hydrogen-bond acceptors (Lipinski definition) is 2. The molecule has 3 rings (SSSR count). The van der Waals surface area contributed by atoms with Crippen molar-refractivity contribution < 1.29 is 9.21 Å². The Labute approximate surface area is 145 Å². The quantitative estimate of drug-likeness (QED) is 0.647. The van der Waals surface area contributed by atoms with Gasteiger partial charge in [0, 0.05) is 29.9 Å². The molecule has 2 N–H and O–H groups in total. The third-order valence-electron chi connectivity index (χ3n) is 3.73. The van der Waals surface area contributed by atoms with Crippen LogP contribution in [0.2, 0.25) is 5.02 Å². The summed E-state index contributed by atoms with van der Waals surface area (Å²) in [5.41, 5.74) is 1.91. The molecule has 3 aromatic rings. The number of hydrogen-bond donors (Lipinski definition) is 2. The molecule has 0 aliphatic carbocycles. The van der Waals surface area contributed by atoms with E-state index in [9.17, 15) is 4.79 Å². The van der Waals surface area contributed by atoms with Crippen molar-refractivity contribution in [2.75, 3.05) is 6.54 Å². The highest BCUT2D eigenvalue weighted by atomic mass is 35.5. The topological polar surface area (TPSA) is 54.3 Å². The van der Waals surface area contributed by atoms with E-state index in [-0.39, 0.29) is 6.03 Å². The molecule has 124 valence electrons. The minimum Gasteiger partial charge on any atom is -0.461 e. The molecule has 0 bridgehead atoms. The van der Waals surface area contributed by atoms with E-state index >= 15 is 0 Å². The van der Waals surface area contributed by atoms with E-state index in [4.69, 9.17) is 16.0 Å². The third kappa shape index (κ3) is 4.52. The average molecular weight is 343 g/mol. The number of amides is 2. The fourth-order valence-electron chi connectivity index (χ4n) is 2.47. The van der Waals surface area contributed by atoms with E-state index in [2.05, 4.69) is 16.7 Å². The van der Waals surface area contributed by atoms with Gasteiger partial charge in [0.15, 0.2) is 0 Å². The van der Waals surface area contributed by atoms with Crippen LogP contribution in [0.1, 0.15) is 17.7 Å². The smallest absolute Gasteiger partial charge is 0.315 e. The first-order chi connectivity index (χ1) is 11.7. The van der Waals surface area contributed by atoms with Gasteiger partial charge in [0.05, 0.1) is 0 Å². The van der Waals surface area contributed by atoms with Gasteiger partial charge in [-0.05, 0) is 36.2 Å². The fourth-order valence-corrected chi connectivity index (χ4v) is 2.60. The third-order valence-corrected chi connectivity index (χ3v) is 3.98. The highest BCUT2D eigenvalue weighted by Crippen LogP contribution is 2.19. The second-order valence-corrected chi connectivity index (χ2v) is 6.03. The van der Waals surface area contributed by atoms with E-state index in [0.29, 0.717) is 18.1 Å². The molecule has 0 atom stereocenters. The Bertz CT molecular complexity index is 779. The average Bonchev–Trinajstić information content (AvgIpc) is 3.01. The Hall–Kier alpha value is -2.46. The molecule has 0 saturated heterocycles. The largest absolute Gasteiger partial charge is 0.461 e. The number of fused-ring (bicyclic) bond motifs is 1. The Morgan fingerprint density at radius 3 is 2.62 bits per heavy atom.